The Morgan fingerprint density at radius 2 is 1.93 bits per heavy atom. The lowest BCUT2D eigenvalue weighted by atomic mass is 10.1. The number of anilines is 1. The van der Waals surface area contributed by atoms with Crippen LogP contribution in [0.25, 0.3) is 10.2 Å². The number of alkyl carbamates (subject to hydrolysis) is 1. The fourth-order valence-corrected chi connectivity index (χ4v) is 4.99. The van der Waals surface area contributed by atoms with Crippen LogP contribution in [0.4, 0.5) is 23.7 Å². The van der Waals surface area contributed by atoms with Crippen molar-refractivity contribution >= 4 is 45.1 Å². The maximum absolute atomic E-state index is 14.3. The summed E-state index contributed by atoms with van der Waals surface area (Å²) >= 11 is 1.12. The molecule has 4 aromatic rings. The molecular formula is C29H26F3N5O6S. The molecule has 4 N–H and O–H groups in total. The molecule has 2 aromatic carbocycles. The average molecular weight is 630 g/mol. The van der Waals surface area contributed by atoms with Crippen LogP contribution in [0.5, 0.6) is 5.75 Å². The number of hydrogen-bond acceptors (Lipinski definition) is 8. The van der Waals surface area contributed by atoms with Crippen molar-refractivity contribution in [2.24, 2.45) is 5.73 Å². The summed E-state index contributed by atoms with van der Waals surface area (Å²) in [5.41, 5.74) is 4.67. The Morgan fingerprint density at radius 1 is 1.14 bits per heavy atom. The number of halogens is 3. The van der Waals surface area contributed by atoms with Gasteiger partial charge in [-0.1, -0.05) is 6.08 Å². The zero-order valence-electron chi connectivity index (χ0n) is 23.1. The number of fused-ring (bicyclic) bond motifs is 1. The second-order valence-electron chi connectivity index (χ2n) is 9.25. The molecular weight excluding hydrogens is 603 g/mol. The molecule has 230 valence electrons. The standard InChI is InChI=1S/C29H26F3N5O6S/c1-34-29(41)43-22(6-2-3-7-24(33)38)27(39)36-20-5-4-10-37(28(20)40)14-25-35-21-12-18(31)13-23(26(21)44-25)42-15-16-8-9-17(30)11-19(16)32/h3-5,7-13,22H,2,6,14-15H2,1H3,(H2,33,38)(H,34,41)(H,36,39)/b7-3+. The van der Waals surface area contributed by atoms with Gasteiger partial charge in [0.05, 0.1) is 16.8 Å². The van der Waals surface area contributed by atoms with Gasteiger partial charge in [0.25, 0.3) is 11.5 Å². The lowest BCUT2D eigenvalue weighted by Crippen LogP contribution is -2.37. The molecule has 0 aliphatic carbocycles. The number of rotatable bonds is 12. The number of nitrogens with zero attached hydrogens (tertiary/aromatic N) is 2. The topological polar surface area (TPSA) is 155 Å². The summed E-state index contributed by atoms with van der Waals surface area (Å²) in [5.74, 6) is -3.55. The molecule has 1 unspecified atom stereocenters. The van der Waals surface area contributed by atoms with E-state index in [1.54, 1.807) is 0 Å². The fourth-order valence-electron chi connectivity index (χ4n) is 3.98. The van der Waals surface area contributed by atoms with E-state index in [9.17, 15) is 32.3 Å². The molecule has 0 aliphatic heterocycles. The van der Waals surface area contributed by atoms with Gasteiger partial charge in [-0.15, -0.1) is 11.3 Å². The molecule has 0 saturated carbocycles. The molecule has 0 radical (unpaired) electrons. The highest BCUT2D eigenvalue weighted by atomic mass is 32.1. The highest BCUT2D eigenvalue weighted by Gasteiger charge is 2.23. The Labute approximate surface area is 252 Å². The maximum Gasteiger partial charge on any atom is 0.407 e. The third-order valence-corrected chi connectivity index (χ3v) is 7.14. The quantitative estimate of drug-likeness (QED) is 0.200. The lowest BCUT2D eigenvalue weighted by molar-refractivity contribution is -0.124. The first kappa shape index (κ1) is 31.7. The van der Waals surface area contributed by atoms with Crippen molar-refractivity contribution < 1.29 is 37.0 Å². The van der Waals surface area contributed by atoms with Gasteiger partial charge in [0.1, 0.15) is 40.5 Å². The van der Waals surface area contributed by atoms with E-state index in [0.29, 0.717) is 9.71 Å². The van der Waals surface area contributed by atoms with E-state index in [1.165, 1.54) is 48.2 Å². The van der Waals surface area contributed by atoms with Crippen LogP contribution >= 0.6 is 11.3 Å². The molecule has 0 spiro atoms. The van der Waals surface area contributed by atoms with E-state index in [-0.39, 0.29) is 48.5 Å². The summed E-state index contributed by atoms with van der Waals surface area (Å²) in [5, 5.41) is 5.11. The number of hydrogen-bond donors (Lipinski definition) is 3. The highest BCUT2D eigenvalue weighted by molar-refractivity contribution is 7.19. The number of allylic oxidation sites excluding steroid dienone is 1. The molecule has 0 fully saturated rings. The molecule has 3 amide bonds. The van der Waals surface area contributed by atoms with Crippen molar-refractivity contribution in [1.82, 2.24) is 14.9 Å². The number of primary amides is 1. The predicted molar refractivity (Wildman–Crippen MR) is 156 cm³/mol. The minimum Gasteiger partial charge on any atom is -0.487 e. The SMILES string of the molecule is CNC(=O)OC(CC/C=C/C(N)=O)C(=O)Nc1cccn(Cc2nc3cc(F)cc(OCc4ccc(F)cc4F)c3s2)c1=O. The molecule has 44 heavy (non-hydrogen) atoms. The maximum atomic E-state index is 14.3. The molecule has 4 rings (SSSR count). The molecule has 0 saturated heterocycles. The number of carbonyl (C=O) groups is 3. The Kier molecular flexibility index (Phi) is 10.3. The minimum atomic E-state index is -1.29. The highest BCUT2D eigenvalue weighted by Crippen LogP contribution is 2.33. The minimum absolute atomic E-state index is 0.00449. The Balaban J connectivity index is 1.51. The zero-order chi connectivity index (χ0) is 31.8. The van der Waals surface area contributed by atoms with Crippen molar-refractivity contribution in [2.45, 2.75) is 32.1 Å². The molecule has 2 heterocycles. The van der Waals surface area contributed by atoms with E-state index in [2.05, 4.69) is 15.6 Å². The third kappa shape index (κ3) is 8.22. The first-order valence-electron chi connectivity index (χ1n) is 13.0. The van der Waals surface area contributed by atoms with Gasteiger partial charge in [0.15, 0.2) is 6.10 Å². The number of ether oxygens (including phenoxy) is 2. The van der Waals surface area contributed by atoms with Gasteiger partial charge in [0, 0.05) is 37.0 Å². The van der Waals surface area contributed by atoms with Gasteiger partial charge in [-0.05, 0) is 43.2 Å². The predicted octanol–water partition coefficient (Wildman–Crippen LogP) is 3.99. The van der Waals surface area contributed by atoms with Gasteiger partial charge in [-0.3, -0.25) is 14.4 Å². The number of pyridine rings is 1. The number of nitrogens with one attached hydrogen (secondary N) is 2. The number of benzene rings is 2. The molecule has 0 aliphatic rings. The molecule has 2 aromatic heterocycles. The van der Waals surface area contributed by atoms with E-state index in [0.717, 1.165) is 35.6 Å². The Bertz CT molecular complexity index is 1790. The van der Waals surface area contributed by atoms with Crippen LogP contribution in [0.1, 0.15) is 23.4 Å². The monoisotopic (exact) mass is 629 g/mol. The fraction of sp³-hybridized carbons (Fsp3) is 0.207. The van der Waals surface area contributed by atoms with Crippen molar-refractivity contribution in [3.63, 3.8) is 0 Å². The van der Waals surface area contributed by atoms with Gasteiger partial charge >= 0.3 is 6.09 Å². The summed E-state index contributed by atoms with van der Waals surface area (Å²) in [7, 11) is 1.32. The van der Waals surface area contributed by atoms with Crippen LogP contribution < -0.4 is 26.7 Å². The van der Waals surface area contributed by atoms with E-state index in [1.807, 2.05) is 0 Å². The van der Waals surface area contributed by atoms with Crippen LogP contribution in [-0.4, -0.2) is 40.6 Å². The summed E-state index contributed by atoms with van der Waals surface area (Å²) in [6.45, 7) is -0.337. The van der Waals surface area contributed by atoms with Crippen LogP contribution in [0.15, 0.2) is 65.6 Å². The summed E-state index contributed by atoms with van der Waals surface area (Å²) < 4.78 is 54.1. The molecule has 15 heteroatoms. The zero-order valence-corrected chi connectivity index (χ0v) is 24.0. The molecule has 1 atom stereocenters. The van der Waals surface area contributed by atoms with Crippen molar-refractivity contribution in [1.29, 1.82) is 0 Å². The second-order valence-corrected chi connectivity index (χ2v) is 10.3. The third-order valence-electron chi connectivity index (χ3n) is 6.07. The average Bonchev–Trinajstić information content (AvgIpc) is 3.38. The smallest absolute Gasteiger partial charge is 0.407 e. The molecule has 0 bridgehead atoms. The summed E-state index contributed by atoms with van der Waals surface area (Å²) in [4.78, 5) is 53.2. The van der Waals surface area contributed by atoms with Crippen LogP contribution in [0, 0.1) is 17.5 Å². The van der Waals surface area contributed by atoms with Gasteiger partial charge in [0.2, 0.25) is 5.91 Å². The number of nitrogens with two attached hydrogens (primary N) is 1. The van der Waals surface area contributed by atoms with E-state index < -0.39 is 47.0 Å². The Hall–Kier alpha value is -5.18. The second kappa shape index (κ2) is 14.3. The number of amides is 3. The number of carbonyl (C=O) groups excluding carboxylic acids is 3. The number of aromatic nitrogens is 2. The summed E-state index contributed by atoms with van der Waals surface area (Å²) in [6, 6.07) is 8.22. The van der Waals surface area contributed by atoms with Crippen LogP contribution in [0.3, 0.4) is 0 Å². The van der Waals surface area contributed by atoms with Crippen LogP contribution in [0.2, 0.25) is 0 Å². The first-order valence-corrected chi connectivity index (χ1v) is 13.9. The largest absolute Gasteiger partial charge is 0.487 e. The Morgan fingerprint density at radius 3 is 2.66 bits per heavy atom. The van der Waals surface area contributed by atoms with Gasteiger partial charge in [-0.2, -0.15) is 0 Å². The lowest BCUT2D eigenvalue weighted by Gasteiger charge is -2.17. The summed E-state index contributed by atoms with van der Waals surface area (Å²) in [6.07, 6.45) is 2.03. The number of thiazole rings is 1. The van der Waals surface area contributed by atoms with Crippen molar-refractivity contribution in [2.75, 3.05) is 12.4 Å². The van der Waals surface area contributed by atoms with Crippen molar-refractivity contribution in [3.8, 4) is 5.75 Å². The molecule has 11 nitrogen and oxygen atoms in total. The normalized spacial score (nSPS) is 11.8. The first-order chi connectivity index (χ1) is 21.0. The van der Waals surface area contributed by atoms with Crippen LogP contribution in [-0.2, 0) is 27.5 Å². The van der Waals surface area contributed by atoms with E-state index in [4.69, 9.17) is 15.2 Å². The van der Waals surface area contributed by atoms with E-state index >= 15 is 0 Å². The van der Waals surface area contributed by atoms with Crippen molar-refractivity contribution in [3.05, 3.63) is 99.2 Å². The van der Waals surface area contributed by atoms with Gasteiger partial charge in [-0.25, -0.2) is 22.9 Å². The van der Waals surface area contributed by atoms with Gasteiger partial charge < -0.3 is 30.4 Å².